The Morgan fingerprint density at radius 2 is 1.42 bits per heavy atom. The molecule has 112 valence electrons. The summed E-state index contributed by atoms with van der Waals surface area (Å²) >= 11 is 0. The molecule has 0 amide bonds. The molecule has 1 heterocycles. The van der Waals surface area contributed by atoms with Crippen molar-refractivity contribution in [2.45, 2.75) is 72.1 Å². The monoisotopic (exact) mass is 285 g/mol. The minimum atomic E-state index is 0. The van der Waals surface area contributed by atoms with Crippen molar-refractivity contribution < 1.29 is 16.9 Å². The second kappa shape index (κ2) is 10.5. The SMILES string of the molecule is CCCCCCCC[N+]1(CCCC)C=CC=C1C.[Cl-]. The van der Waals surface area contributed by atoms with E-state index in [1.807, 2.05) is 0 Å². The van der Waals surface area contributed by atoms with Gasteiger partial charge in [0.15, 0.2) is 0 Å². The predicted octanol–water partition coefficient (Wildman–Crippen LogP) is 2.40. The Morgan fingerprint density at radius 1 is 0.842 bits per heavy atom. The van der Waals surface area contributed by atoms with Crippen molar-refractivity contribution in [2.24, 2.45) is 0 Å². The van der Waals surface area contributed by atoms with Crippen molar-refractivity contribution in [1.82, 2.24) is 0 Å². The number of quaternary nitrogens is 1. The molecule has 1 atom stereocenters. The number of hydrogen-bond donors (Lipinski definition) is 0. The van der Waals surface area contributed by atoms with Crippen LogP contribution in [0.15, 0.2) is 24.0 Å². The molecule has 0 spiro atoms. The van der Waals surface area contributed by atoms with E-state index in [4.69, 9.17) is 0 Å². The Hall–Kier alpha value is -0.270. The topological polar surface area (TPSA) is 0 Å². The van der Waals surface area contributed by atoms with Gasteiger partial charge in [-0.05, 0) is 31.4 Å². The van der Waals surface area contributed by atoms with E-state index in [-0.39, 0.29) is 12.4 Å². The lowest BCUT2D eigenvalue weighted by molar-refractivity contribution is -0.839. The number of allylic oxidation sites excluding steroid dienone is 3. The molecule has 0 aromatic heterocycles. The molecule has 1 aliphatic rings. The van der Waals surface area contributed by atoms with Gasteiger partial charge < -0.3 is 12.4 Å². The summed E-state index contributed by atoms with van der Waals surface area (Å²) in [5, 5.41) is 0. The first-order valence-corrected chi connectivity index (χ1v) is 7.98. The molecule has 0 aromatic rings. The van der Waals surface area contributed by atoms with Crippen LogP contribution in [-0.4, -0.2) is 17.6 Å². The van der Waals surface area contributed by atoms with Gasteiger partial charge in [0, 0.05) is 6.92 Å². The van der Waals surface area contributed by atoms with Gasteiger partial charge in [-0.2, -0.15) is 0 Å². The average molecular weight is 286 g/mol. The van der Waals surface area contributed by atoms with Gasteiger partial charge in [0.2, 0.25) is 0 Å². The molecule has 0 aromatic carbocycles. The molecule has 1 unspecified atom stereocenters. The Balaban J connectivity index is 0.00000324. The number of nitrogens with zero attached hydrogens (tertiary/aromatic N) is 1. The first-order valence-electron chi connectivity index (χ1n) is 7.98. The molecule has 0 saturated heterocycles. The molecule has 0 saturated carbocycles. The van der Waals surface area contributed by atoms with Crippen LogP contribution in [0.1, 0.15) is 72.1 Å². The van der Waals surface area contributed by atoms with E-state index in [1.54, 1.807) is 0 Å². The van der Waals surface area contributed by atoms with Crippen molar-refractivity contribution in [1.29, 1.82) is 0 Å². The molecule has 0 fully saturated rings. The highest BCUT2D eigenvalue weighted by molar-refractivity contribution is 5.11. The lowest BCUT2D eigenvalue weighted by Gasteiger charge is -2.33. The van der Waals surface area contributed by atoms with Gasteiger partial charge in [-0.1, -0.05) is 46.0 Å². The molecule has 1 nitrogen and oxygen atoms in total. The molecule has 1 aliphatic heterocycles. The summed E-state index contributed by atoms with van der Waals surface area (Å²) in [4.78, 5) is 0. The van der Waals surface area contributed by atoms with Crippen LogP contribution >= 0.6 is 0 Å². The van der Waals surface area contributed by atoms with Crippen molar-refractivity contribution in [2.75, 3.05) is 13.1 Å². The van der Waals surface area contributed by atoms with Gasteiger partial charge in [-0.25, -0.2) is 0 Å². The second-order valence-electron chi connectivity index (χ2n) is 5.75. The summed E-state index contributed by atoms with van der Waals surface area (Å²) in [5.41, 5.74) is 1.54. The number of halogens is 1. The first-order chi connectivity index (χ1) is 8.75. The molecule has 0 radical (unpaired) electrons. The molecule has 0 N–H and O–H groups in total. The van der Waals surface area contributed by atoms with Gasteiger partial charge in [-0.3, -0.25) is 4.48 Å². The number of rotatable bonds is 10. The van der Waals surface area contributed by atoms with E-state index in [2.05, 4.69) is 39.1 Å². The highest BCUT2D eigenvalue weighted by Crippen LogP contribution is 2.26. The molecular formula is C17H32ClN. The Kier molecular flexibility index (Phi) is 10.4. The third-order valence-electron chi connectivity index (χ3n) is 4.23. The highest BCUT2D eigenvalue weighted by Gasteiger charge is 2.28. The fourth-order valence-corrected chi connectivity index (χ4v) is 2.84. The van der Waals surface area contributed by atoms with E-state index < -0.39 is 0 Å². The molecular weight excluding hydrogens is 254 g/mol. The fraction of sp³-hybridized carbons (Fsp3) is 0.765. The molecule has 0 aliphatic carbocycles. The Morgan fingerprint density at radius 3 is 2.00 bits per heavy atom. The normalized spacial score (nSPS) is 21.3. The van der Waals surface area contributed by atoms with Crippen molar-refractivity contribution in [3.8, 4) is 0 Å². The largest absolute Gasteiger partial charge is 1.00 e. The predicted molar refractivity (Wildman–Crippen MR) is 81.2 cm³/mol. The Bertz CT molecular complexity index is 283. The van der Waals surface area contributed by atoms with Crippen LogP contribution in [0.3, 0.4) is 0 Å². The third-order valence-corrected chi connectivity index (χ3v) is 4.23. The van der Waals surface area contributed by atoms with E-state index in [0.29, 0.717) is 0 Å². The molecule has 19 heavy (non-hydrogen) atoms. The maximum atomic E-state index is 2.41. The Labute approximate surface area is 126 Å². The summed E-state index contributed by atoms with van der Waals surface area (Å²) in [6.45, 7) is 9.48. The minimum absolute atomic E-state index is 0. The van der Waals surface area contributed by atoms with Crippen molar-refractivity contribution in [3.63, 3.8) is 0 Å². The standard InChI is InChI=1S/C17H32N.ClH/c1-4-6-8-9-10-11-15-18(14-7-5-2)16-12-13-17(18)3;/h12-13,16H,4-11,14-15H2,1-3H3;1H/q+1;/p-1. The molecule has 2 heteroatoms. The van der Waals surface area contributed by atoms with Crippen LogP contribution in [0.5, 0.6) is 0 Å². The lowest BCUT2D eigenvalue weighted by atomic mass is 10.1. The van der Waals surface area contributed by atoms with Crippen LogP contribution in [0, 0.1) is 0 Å². The van der Waals surface area contributed by atoms with Crippen LogP contribution < -0.4 is 12.4 Å². The van der Waals surface area contributed by atoms with Crippen molar-refractivity contribution >= 4 is 0 Å². The van der Waals surface area contributed by atoms with Gasteiger partial charge in [-0.15, -0.1) is 0 Å². The minimum Gasteiger partial charge on any atom is -1.00 e. The quantitative estimate of drug-likeness (QED) is 0.427. The van der Waals surface area contributed by atoms with E-state index in [1.165, 1.54) is 70.2 Å². The third kappa shape index (κ3) is 6.14. The smallest absolute Gasteiger partial charge is 0.110 e. The lowest BCUT2D eigenvalue weighted by Crippen LogP contribution is -3.00. The maximum absolute atomic E-state index is 2.41. The van der Waals surface area contributed by atoms with Crippen LogP contribution in [0.2, 0.25) is 0 Å². The summed E-state index contributed by atoms with van der Waals surface area (Å²) in [7, 11) is 0. The zero-order chi connectivity index (χ0) is 13.3. The second-order valence-corrected chi connectivity index (χ2v) is 5.75. The van der Waals surface area contributed by atoms with Gasteiger partial charge in [0.1, 0.15) is 11.9 Å². The first kappa shape index (κ1) is 18.7. The highest BCUT2D eigenvalue weighted by atomic mass is 35.5. The van der Waals surface area contributed by atoms with Gasteiger partial charge in [0.05, 0.1) is 13.1 Å². The van der Waals surface area contributed by atoms with Crippen LogP contribution in [0.25, 0.3) is 0 Å². The number of unbranched alkanes of at least 4 members (excludes halogenated alkanes) is 6. The summed E-state index contributed by atoms with van der Waals surface area (Å²) in [5.74, 6) is 0. The summed E-state index contributed by atoms with van der Waals surface area (Å²) in [6, 6.07) is 0. The van der Waals surface area contributed by atoms with Crippen molar-refractivity contribution in [3.05, 3.63) is 24.0 Å². The number of hydrogen-bond acceptors (Lipinski definition) is 0. The van der Waals surface area contributed by atoms with Gasteiger partial charge in [0.25, 0.3) is 0 Å². The van der Waals surface area contributed by atoms with Gasteiger partial charge >= 0.3 is 0 Å². The average Bonchev–Trinajstić information content (AvgIpc) is 2.73. The fourth-order valence-electron chi connectivity index (χ4n) is 2.84. The zero-order valence-corrected chi connectivity index (χ0v) is 13.9. The van der Waals surface area contributed by atoms with Crippen LogP contribution in [-0.2, 0) is 0 Å². The van der Waals surface area contributed by atoms with Crippen LogP contribution in [0.4, 0.5) is 0 Å². The summed E-state index contributed by atoms with van der Waals surface area (Å²) < 4.78 is 1.14. The van der Waals surface area contributed by atoms with E-state index >= 15 is 0 Å². The van der Waals surface area contributed by atoms with E-state index in [9.17, 15) is 0 Å². The molecule has 0 bridgehead atoms. The van der Waals surface area contributed by atoms with E-state index in [0.717, 1.165) is 4.48 Å². The summed E-state index contributed by atoms with van der Waals surface area (Å²) in [6.07, 6.45) is 18.0. The molecule has 1 rings (SSSR count). The maximum Gasteiger partial charge on any atom is 0.110 e. The zero-order valence-electron chi connectivity index (χ0n) is 13.1.